The fraction of sp³-hybridized carbons (Fsp3) is 0. The van der Waals surface area contributed by atoms with Crippen molar-refractivity contribution in [3.63, 3.8) is 0 Å². The minimum absolute atomic E-state index is 0.0604. The fourth-order valence-electron chi connectivity index (χ4n) is 1.99. The van der Waals surface area contributed by atoms with Crippen molar-refractivity contribution in [3.8, 4) is 11.3 Å². The number of carbonyl (C=O) groups is 2. The normalized spacial score (nSPS) is 16.0. The predicted octanol–water partition coefficient (Wildman–Crippen LogP) is 3.44. The molecule has 1 aliphatic rings. The maximum atomic E-state index is 11.6. The lowest BCUT2D eigenvalue weighted by Gasteiger charge is -2.02. The van der Waals surface area contributed by atoms with Gasteiger partial charge in [-0.2, -0.15) is 0 Å². The van der Waals surface area contributed by atoms with E-state index in [0.717, 1.165) is 11.8 Å². The Morgan fingerprint density at radius 2 is 2.13 bits per heavy atom. The fourth-order valence-corrected chi connectivity index (χ4v) is 2.89. The van der Waals surface area contributed by atoms with E-state index in [9.17, 15) is 9.59 Å². The number of amidine groups is 1. The van der Waals surface area contributed by atoms with E-state index >= 15 is 0 Å². The largest absolute Gasteiger partial charge is 0.478 e. The van der Waals surface area contributed by atoms with E-state index in [4.69, 9.17) is 26.5 Å². The highest BCUT2D eigenvalue weighted by Crippen LogP contribution is 2.32. The highest BCUT2D eigenvalue weighted by Gasteiger charge is 2.23. The smallest absolute Gasteiger partial charge is 0.335 e. The Morgan fingerprint density at radius 3 is 2.78 bits per heavy atom. The Labute approximate surface area is 139 Å². The Morgan fingerprint density at radius 1 is 1.35 bits per heavy atom. The molecule has 0 atom stereocenters. The molecule has 116 valence electrons. The molecular formula is C15H9ClN2O4S. The number of carboxylic acid groups (broad SMARTS) is 1. The highest BCUT2D eigenvalue weighted by atomic mass is 35.5. The Bertz CT molecular complexity index is 872. The summed E-state index contributed by atoms with van der Waals surface area (Å²) >= 11 is 7.10. The van der Waals surface area contributed by atoms with E-state index in [-0.39, 0.29) is 16.6 Å². The molecule has 6 nitrogen and oxygen atoms in total. The van der Waals surface area contributed by atoms with E-state index in [1.807, 2.05) is 0 Å². The average Bonchev–Trinajstić information content (AvgIpc) is 3.06. The molecule has 23 heavy (non-hydrogen) atoms. The molecule has 1 fully saturated rings. The van der Waals surface area contributed by atoms with Crippen LogP contribution in [0.3, 0.4) is 0 Å². The van der Waals surface area contributed by atoms with Crippen LogP contribution in [0.2, 0.25) is 5.02 Å². The van der Waals surface area contributed by atoms with Crippen molar-refractivity contribution in [2.45, 2.75) is 0 Å². The minimum atomic E-state index is -1.06. The number of benzene rings is 1. The molecular weight excluding hydrogens is 340 g/mol. The molecule has 0 aliphatic carbocycles. The molecule has 1 aliphatic heterocycles. The van der Waals surface area contributed by atoms with Gasteiger partial charge >= 0.3 is 5.97 Å². The first-order chi connectivity index (χ1) is 10.9. The molecule has 0 unspecified atom stereocenters. The zero-order chi connectivity index (χ0) is 16.6. The van der Waals surface area contributed by atoms with Gasteiger partial charge in [-0.15, -0.1) is 0 Å². The molecule has 1 aromatic heterocycles. The summed E-state index contributed by atoms with van der Waals surface area (Å²) in [5.74, 6) is -0.620. The number of amides is 1. The van der Waals surface area contributed by atoms with Gasteiger partial charge < -0.3 is 14.8 Å². The Kier molecular flexibility index (Phi) is 3.97. The van der Waals surface area contributed by atoms with Gasteiger partial charge in [-0.3, -0.25) is 10.2 Å². The number of rotatable bonds is 3. The third-order valence-electron chi connectivity index (χ3n) is 3.04. The summed E-state index contributed by atoms with van der Waals surface area (Å²) in [6.07, 6.45) is 1.51. The van der Waals surface area contributed by atoms with Crippen molar-refractivity contribution in [2.75, 3.05) is 0 Å². The zero-order valence-electron chi connectivity index (χ0n) is 11.4. The van der Waals surface area contributed by atoms with Crippen molar-refractivity contribution < 1.29 is 19.1 Å². The summed E-state index contributed by atoms with van der Waals surface area (Å²) in [5, 5.41) is 19.2. The number of furan rings is 1. The molecule has 0 saturated carbocycles. The van der Waals surface area contributed by atoms with Crippen LogP contribution >= 0.6 is 23.4 Å². The quantitative estimate of drug-likeness (QED) is 0.737. The lowest BCUT2D eigenvalue weighted by atomic mass is 10.1. The molecule has 3 rings (SSSR count). The average molecular weight is 349 g/mol. The first kappa shape index (κ1) is 15.4. The molecule has 1 amide bonds. The van der Waals surface area contributed by atoms with Crippen LogP contribution in [0, 0.1) is 5.41 Å². The number of aromatic carboxylic acids is 1. The Balaban J connectivity index is 1.95. The number of nitrogens with one attached hydrogen (secondary N) is 2. The molecule has 1 saturated heterocycles. The number of hydrogen-bond donors (Lipinski definition) is 3. The second-order valence-electron chi connectivity index (χ2n) is 4.60. The standard InChI is InChI=1S/C15H9ClN2O4S/c16-10-3-1-7(14(20)21)5-9(10)11-4-2-8(22-11)6-12-13(19)18-15(17)23-12/h1-6H,(H,20,21)(H2,17,18,19)/b12-6+. The topological polar surface area (TPSA) is 103 Å². The number of halogens is 1. The van der Waals surface area contributed by atoms with Crippen molar-refractivity contribution in [3.05, 3.63) is 51.6 Å². The van der Waals surface area contributed by atoms with Crippen LogP contribution in [-0.2, 0) is 4.79 Å². The SMILES string of the molecule is N=C1NC(=O)/C(=C\c2ccc(-c3cc(C(=O)O)ccc3Cl)o2)S1. The van der Waals surface area contributed by atoms with E-state index in [1.165, 1.54) is 24.3 Å². The van der Waals surface area contributed by atoms with Gasteiger partial charge in [0.2, 0.25) is 0 Å². The summed E-state index contributed by atoms with van der Waals surface area (Å²) in [6, 6.07) is 7.60. The molecule has 2 heterocycles. The lowest BCUT2D eigenvalue weighted by Crippen LogP contribution is -2.18. The Hall–Kier alpha value is -2.51. The second kappa shape index (κ2) is 5.94. The van der Waals surface area contributed by atoms with Crippen LogP contribution < -0.4 is 5.32 Å². The molecule has 2 aromatic rings. The van der Waals surface area contributed by atoms with Crippen molar-refractivity contribution in [1.82, 2.24) is 5.32 Å². The van der Waals surface area contributed by atoms with Crippen LogP contribution in [0.1, 0.15) is 16.1 Å². The summed E-state index contributed by atoms with van der Waals surface area (Å²) in [4.78, 5) is 23.0. The van der Waals surface area contributed by atoms with Crippen molar-refractivity contribution >= 4 is 46.5 Å². The highest BCUT2D eigenvalue weighted by molar-refractivity contribution is 8.18. The van der Waals surface area contributed by atoms with E-state index < -0.39 is 5.97 Å². The number of carboxylic acids is 1. The summed E-state index contributed by atoms with van der Waals surface area (Å²) in [6.45, 7) is 0. The van der Waals surface area contributed by atoms with Gasteiger partial charge in [0, 0.05) is 11.6 Å². The van der Waals surface area contributed by atoms with Gasteiger partial charge in [0.25, 0.3) is 5.91 Å². The molecule has 3 N–H and O–H groups in total. The van der Waals surface area contributed by atoms with Crippen LogP contribution in [0.25, 0.3) is 17.4 Å². The van der Waals surface area contributed by atoms with Crippen LogP contribution in [0.4, 0.5) is 0 Å². The van der Waals surface area contributed by atoms with Crippen molar-refractivity contribution in [2.24, 2.45) is 0 Å². The van der Waals surface area contributed by atoms with Gasteiger partial charge in [-0.25, -0.2) is 4.79 Å². The first-order valence-electron chi connectivity index (χ1n) is 6.36. The minimum Gasteiger partial charge on any atom is -0.478 e. The van der Waals surface area contributed by atoms with Crippen molar-refractivity contribution in [1.29, 1.82) is 5.41 Å². The third kappa shape index (κ3) is 3.15. The van der Waals surface area contributed by atoms with Crippen LogP contribution in [0.15, 0.2) is 39.7 Å². The molecule has 0 spiro atoms. The van der Waals surface area contributed by atoms with E-state index in [0.29, 0.717) is 27.0 Å². The van der Waals surface area contributed by atoms with Gasteiger partial charge in [-0.1, -0.05) is 11.6 Å². The first-order valence-corrected chi connectivity index (χ1v) is 7.56. The third-order valence-corrected chi connectivity index (χ3v) is 4.20. The summed E-state index contributed by atoms with van der Waals surface area (Å²) < 4.78 is 5.61. The number of thioether (sulfide) groups is 1. The van der Waals surface area contributed by atoms with Gasteiger partial charge in [-0.05, 0) is 42.1 Å². The molecule has 0 radical (unpaired) electrons. The number of carbonyl (C=O) groups excluding carboxylic acids is 1. The van der Waals surface area contributed by atoms with Crippen LogP contribution in [-0.4, -0.2) is 22.2 Å². The van der Waals surface area contributed by atoms with Gasteiger partial charge in [0.1, 0.15) is 11.5 Å². The van der Waals surface area contributed by atoms with E-state index in [2.05, 4.69) is 5.32 Å². The van der Waals surface area contributed by atoms with Crippen LogP contribution in [0.5, 0.6) is 0 Å². The van der Waals surface area contributed by atoms with E-state index in [1.54, 1.807) is 12.1 Å². The zero-order valence-corrected chi connectivity index (χ0v) is 13.0. The summed E-state index contributed by atoms with van der Waals surface area (Å²) in [7, 11) is 0. The maximum Gasteiger partial charge on any atom is 0.335 e. The maximum absolute atomic E-state index is 11.6. The lowest BCUT2D eigenvalue weighted by molar-refractivity contribution is -0.115. The second-order valence-corrected chi connectivity index (χ2v) is 6.06. The van der Waals surface area contributed by atoms with Gasteiger partial charge in [0.15, 0.2) is 5.17 Å². The predicted molar refractivity (Wildman–Crippen MR) is 87.6 cm³/mol. The molecule has 0 bridgehead atoms. The monoisotopic (exact) mass is 348 g/mol. The van der Waals surface area contributed by atoms with Gasteiger partial charge in [0.05, 0.1) is 15.5 Å². The molecule has 1 aromatic carbocycles. The molecule has 8 heteroatoms. The number of hydrogen-bond acceptors (Lipinski definition) is 5. The summed E-state index contributed by atoms with van der Waals surface area (Å²) in [5.41, 5.74) is 0.548.